The van der Waals surface area contributed by atoms with Crippen molar-refractivity contribution in [3.05, 3.63) is 0 Å². The molecule has 1 aliphatic rings. The Labute approximate surface area is 77.7 Å². The third kappa shape index (κ3) is 3.16. The van der Waals surface area contributed by atoms with Gasteiger partial charge in [0.1, 0.15) is 0 Å². The summed E-state index contributed by atoms with van der Waals surface area (Å²) in [5, 5.41) is 0. The van der Waals surface area contributed by atoms with E-state index in [1.54, 1.807) is 0 Å². The summed E-state index contributed by atoms with van der Waals surface area (Å²) >= 11 is 0. The molecule has 0 amide bonds. The van der Waals surface area contributed by atoms with E-state index in [1.165, 1.54) is 51.4 Å². The zero-order valence-corrected chi connectivity index (χ0v) is 8.81. The second-order valence-electron chi connectivity index (χ2n) is 4.52. The highest BCUT2D eigenvalue weighted by Gasteiger charge is 2.22. The normalized spacial score (nSPS) is 29.5. The van der Waals surface area contributed by atoms with Gasteiger partial charge in [0, 0.05) is 0 Å². The Kier molecular flexibility index (Phi) is 4.72. The maximum Gasteiger partial charge on any atom is -0.0388 e. The van der Waals surface area contributed by atoms with Gasteiger partial charge in [0.2, 0.25) is 0 Å². The largest absolute Gasteiger partial charge is 0.0654 e. The highest BCUT2D eigenvalue weighted by atomic mass is 14.3. The lowest BCUT2D eigenvalue weighted by Crippen LogP contribution is -2.03. The van der Waals surface area contributed by atoms with Crippen LogP contribution in [0, 0.1) is 11.8 Å². The Morgan fingerprint density at radius 1 is 1.08 bits per heavy atom. The van der Waals surface area contributed by atoms with E-state index in [4.69, 9.17) is 0 Å². The van der Waals surface area contributed by atoms with Crippen molar-refractivity contribution in [2.24, 2.45) is 11.8 Å². The summed E-state index contributed by atoms with van der Waals surface area (Å²) in [6.45, 7) is 4.73. The standard InChI is InChI=1S/C12H24/c1-3-4-5-6-9-12-10-7-8-11(12)2/h11-12H,3-10H2,1-2H3/t11-,12+/m0/s1. The van der Waals surface area contributed by atoms with E-state index >= 15 is 0 Å². The monoisotopic (exact) mass is 168 g/mol. The zero-order chi connectivity index (χ0) is 8.81. The lowest BCUT2D eigenvalue weighted by molar-refractivity contribution is 0.375. The van der Waals surface area contributed by atoms with E-state index < -0.39 is 0 Å². The first-order valence-corrected chi connectivity index (χ1v) is 5.84. The SMILES string of the molecule is CCCCCC[C@@H]1CCC[C@@H]1C. The number of hydrogen-bond acceptors (Lipinski definition) is 0. The molecule has 1 fully saturated rings. The molecule has 0 bridgehead atoms. The van der Waals surface area contributed by atoms with Crippen LogP contribution in [0.25, 0.3) is 0 Å². The summed E-state index contributed by atoms with van der Waals surface area (Å²) in [6, 6.07) is 0. The second kappa shape index (κ2) is 5.61. The van der Waals surface area contributed by atoms with Crippen LogP contribution in [-0.4, -0.2) is 0 Å². The minimum absolute atomic E-state index is 1.03. The Bertz CT molecular complexity index is 107. The fraction of sp³-hybridized carbons (Fsp3) is 1.00. The lowest BCUT2D eigenvalue weighted by atomic mass is 9.92. The van der Waals surface area contributed by atoms with Crippen molar-refractivity contribution in [3.8, 4) is 0 Å². The predicted molar refractivity (Wildman–Crippen MR) is 55.3 cm³/mol. The molecule has 2 atom stereocenters. The van der Waals surface area contributed by atoms with Crippen molar-refractivity contribution < 1.29 is 0 Å². The molecule has 1 saturated carbocycles. The van der Waals surface area contributed by atoms with Gasteiger partial charge in [-0.05, 0) is 11.8 Å². The molecule has 0 nitrogen and oxygen atoms in total. The zero-order valence-electron chi connectivity index (χ0n) is 8.81. The number of hydrogen-bond donors (Lipinski definition) is 0. The molecular weight excluding hydrogens is 144 g/mol. The highest BCUT2D eigenvalue weighted by molar-refractivity contribution is 4.73. The van der Waals surface area contributed by atoms with Crippen LogP contribution in [0.15, 0.2) is 0 Å². The Balaban J connectivity index is 1.98. The van der Waals surface area contributed by atoms with Crippen molar-refractivity contribution in [2.45, 2.75) is 65.2 Å². The van der Waals surface area contributed by atoms with Crippen molar-refractivity contribution in [1.29, 1.82) is 0 Å². The van der Waals surface area contributed by atoms with Gasteiger partial charge in [-0.3, -0.25) is 0 Å². The van der Waals surface area contributed by atoms with Crippen LogP contribution in [0.4, 0.5) is 0 Å². The quantitative estimate of drug-likeness (QED) is 0.534. The molecule has 0 saturated heterocycles. The summed E-state index contributed by atoms with van der Waals surface area (Å²) < 4.78 is 0. The van der Waals surface area contributed by atoms with Gasteiger partial charge in [-0.1, -0.05) is 65.2 Å². The van der Waals surface area contributed by atoms with Gasteiger partial charge in [-0.15, -0.1) is 0 Å². The van der Waals surface area contributed by atoms with Crippen LogP contribution in [0.1, 0.15) is 65.2 Å². The first-order chi connectivity index (χ1) is 5.84. The molecule has 12 heavy (non-hydrogen) atoms. The molecule has 0 radical (unpaired) electrons. The van der Waals surface area contributed by atoms with Crippen LogP contribution in [0.3, 0.4) is 0 Å². The van der Waals surface area contributed by atoms with Crippen LogP contribution in [-0.2, 0) is 0 Å². The van der Waals surface area contributed by atoms with Gasteiger partial charge in [-0.2, -0.15) is 0 Å². The Morgan fingerprint density at radius 2 is 1.92 bits per heavy atom. The van der Waals surface area contributed by atoms with E-state index in [2.05, 4.69) is 13.8 Å². The molecule has 1 aliphatic carbocycles. The van der Waals surface area contributed by atoms with Crippen LogP contribution in [0.5, 0.6) is 0 Å². The molecule has 0 aromatic carbocycles. The summed E-state index contributed by atoms with van der Waals surface area (Å²) in [7, 11) is 0. The van der Waals surface area contributed by atoms with Crippen molar-refractivity contribution in [3.63, 3.8) is 0 Å². The smallest absolute Gasteiger partial charge is 0.0388 e. The fourth-order valence-corrected chi connectivity index (χ4v) is 2.48. The molecule has 0 aliphatic heterocycles. The molecule has 0 aromatic rings. The first kappa shape index (κ1) is 10.1. The van der Waals surface area contributed by atoms with Crippen LogP contribution < -0.4 is 0 Å². The van der Waals surface area contributed by atoms with Crippen LogP contribution >= 0.6 is 0 Å². The number of rotatable bonds is 5. The summed E-state index contributed by atoms with van der Waals surface area (Å²) in [5.74, 6) is 2.12. The second-order valence-corrected chi connectivity index (χ2v) is 4.52. The summed E-state index contributed by atoms with van der Waals surface area (Å²) in [6.07, 6.45) is 11.8. The Morgan fingerprint density at radius 3 is 2.50 bits per heavy atom. The Hall–Kier alpha value is 0. The third-order valence-electron chi connectivity index (χ3n) is 3.47. The van der Waals surface area contributed by atoms with Gasteiger partial charge in [0.15, 0.2) is 0 Å². The van der Waals surface area contributed by atoms with Crippen LogP contribution in [0.2, 0.25) is 0 Å². The van der Waals surface area contributed by atoms with E-state index in [0.717, 1.165) is 11.8 Å². The van der Waals surface area contributed by atoms with Gasteiger partial charge >= 0.3 is 0 Å². The van der Waals surface area contributed by atoms with Crippen molar-refractivity contribution in [1.82, 2.24) is 0 Å². The third-order valence-corrected chi connectivity index (χ3v) is 3.47. The maximum atomic E-state index is 2.44. The molecule has 0 unspecified atom stereocenters. The average Bonchev–Trinajstić information content (AvgIpc) is 2.46. The molecule has 1 rings (SSSR count). The topological polar surface area (TPSA) is 0 Å². The van der Waals surface area contributed by atoms with Gasteiger partial charge in [-0.25, -0.2) is 0 Å². The molecule has 0 N–H and O–H groups in total. The fourth-order valence-electron chi connectivity index (χ4n) is 2.48. The maximum absolute atomic E-state index is 2.44. The molecule has 72 valence electrons. The minimum Gasteiger partial charge on any atom is -0.0654 e. The average molecular weight is 168 g/mol. The van der Waals surface area contributed by atoms with E-state index in [1.807, 2.05) is 0 Å². The lowest BCUT2D eigenvalue weighted by Gasteiger charge is -2.14. The summed E-state index contributed by atoms with van der Waals surface area (Å²) in [5.41, 5.74) is 0. The number of unbranched alkanes of at least 4 members (excludes halogenated alkanes) is 3. The van der Waals surface area contributed by atoms with E-state index in [9.17, 15) is 0 Å². The van der Waals surface area contributed by atoms with E-state index in [-0.39, 0.29) is 0 Å². The van der Waals surface area contributed by atoms with Crippen molar-refractivity contribution in [2.75, 3.05) is 0 Å². The van der Waals surface area contributed by atoms with Gasteiger partial charge in [0.25, 0.3) is 0 Å². The van der Waals surface area contributed by atoms with Gasteiger partial charge < -0.3 is 0 Å². The van der Waals surface area contributed by atoms with Crippen molar-refractivity contribution >= 4 is 0 Å². The summed E-state index contributed by atoms with van der Waals surface area (Å²) in [4.78, 5) is 0. The molecule has 0 aromatic heterocycles. The molecular formula is C12H24. The van der Waals surface area contributed by atoms with Gasteiger partial charge in [0.05, 0.1) is 0 Å². The minimum atomic E-state index is 1.03. The molecule has 0 spiro atoms. The highest BCUT2D eigenvalue weighted by Crippen LogP contribution is 2.34. The molecule has 0 heterocycles. The predicted octanol–water partition coefficient (Wildman–Crippen LogP) is 4.39. The molecule has 0 heteroatoms. The first-order valence-electron chi connectivity index (χ1n) is 5.84. The van der Waals surface area contributed by atoms with E-state index in [0.29, 0.717) is 0 Å².